The van der Waals surface area contributed by atoms with Gasteiger partial charge in [-0.25, -0.2) is 4.98 Å². The lowest BCUT2D eigenvalue weighted by Crippen LogP contribution is -2.38. The van der Waals surface area contributed by atoms with E-state index in [4.69, 9.17) is 4.74 Å². The first-order valence-corrected chi connectivity index (χ1v) is 6.15. The molecule has 2 rings (SSSR count). The van der Waals surface area contributed by atoms with Gasteiger partial charge in [-0.3, -0.25) is 4.90 Å². The second kappa shape index (κ2) is 5.72. The van der Waals surface area contributed by atoms with Crippen LogP contribution >= 0.6 is 15.9 Å². The van der Waals surface area contributed by atoms with Crippen LogP contribution in [0.15, 0.2) is 22.8 Å². The van der Waals surface area contributed by atoms with Crippen LogP contribution in [0.2, 0.25) is 0 Å². The Kier molecular flexibility index (Phi) is 4.29. The van der Waals surface area contributed by atoms with Gasteiger partial charge in [-0.1, -0.05) is 6.07 Å². The first-order chi connectivity index (χ1) is 7.75. The smallest absolute Gasteiger partial charge is 0.109 e. The van der Waals surface area contributed by atoms with Crippen molar-refractivity contribution in [3.8, 4) is 0 Å². The van der Waals surface area contributed by atoms with Crippen LogP contribution in [-0.2, 0) is 4.74 Å². The molecule has 0 aliphatic carbocycles. The largest absolute Gasteiger partial charge is 0.385 e. The molecule has 1 fully saturated rings. The number of aliphatic hydroxyl groups excluding tert-OH is 1. The molecule has 5 heteroatoms. The van der Waals surface area contributed by atoms with E-state index in [1.807, 2.05) is 18.2 Å². The van der Waals surface area contributed by atoms with E-state index in [0.29, 0.717) is 12.2 Å². The van der Waals surface area contributed by atoms with Crippen molar-refractivity contribution in [3.05, 3.63) is 28.5 Å². The Hall–Kier alpha value is -0.490. The van der Waals surface area contributed by atoms with Crippen LogP contribution in [0, 0.1) is 0 Å². The third-order valence-corrected chi connectivity index (χ3v) is 3.05. The molecule has 0 saturated carbocycles. The highest BCUT2D eigenvalue weighted by Gasteiger charge is 2.16. The Labute approximate surface area is 103 Å². The fraction of sp³-hybridized carbons (Fsp3) is 0.545. The van der Waals surface area contributed by atoms with Gasteiger partial charge >= 0.3 is 0 Å². The number of hydrogen-bond donors (Lipinski definition) is 1. The number of pyridine rings is 1. The molecule has 1 N–H and O–H groups in total. The molecule has 1 aromatic rings. The molecule has 2 heterocycles. The molecular formula is C11H15BrN2O2. The van der Waals surface area contributed by atoms with Crippen molar-refractivity contribution in [2.45, 2.75) is 6.10 Å². The zero-order valence-electron chi connectivity index (χ0n) is 8.97. The molecule has 0 spiro atoms. The van der Waals surface area contributed by atoms with Gasteiger partial charge in [0.15, 0.2) is 0 Å². The normalized spacial score (nSPS) is 19.6. The first kappa shape index (κ1) is 12.0. The van der Waals surface area contributed by atoms with Gasteiger partial charge in [0.1, 0.15) is 10.7 Å². The molecule has 1 saturated heterocycles. The molecule has 88 valence electrons. The monoisotopic (exact) mass is 286 g/mol. The lowest BCUT2D eigenvalue weighted by molar-refractivity contribution is 0.0135. The summed E-state index contributed by atoms with van der Waals surface area (Å²) in [4.78, 5) is 6.44. The molecule has 16 heavy (non-hydrogen) atoms. The minimum Gasteiger partial charge on any atom is -0.385 e. The standard InChI is InChI=1S/C11H15BrN2O2/c12-11-3-1-2-9(13-11)10(15)8-14-4-6-16-7-5-14/h1-3,10,15H,4-8H2. The third kappa shape index (κ3) is 3.25. The second-order valence-corrected chi connectivity index (χ2v) is 4.63. The van der Waals surface area contributed by atoms with Crippen LogP contribution in [0.4, 0.5) is 0 Å². The number of aliphatic hydroxyl groups is 1. The summed E-state index contributed by atoms with van der Waals surface area (Å²) in [6, 6.07) is 5.58. The molecule has 0 aromatic carbocycles. The predicted octanol–water partition coefficient (Wildman–Crippen LogP) is 1.21. The number of rotatable bonds is 3. The highest BCUT2D eigenvalue weighted by molar-refractivity contribution is 9.10. The van der Waals surface area contributed by atoms with Gasteiger partial charge in [-0.15, -0.1) is 0 Å². The van der Waals surface area contributed by atoms with E-state index in [1.165, 1.54) is 0 Å². The highest BCUT2D eigenvalue weighted by Crippen LogP contribution is 2.15. The SMILES string of the molecule is OC(CN1CCOCC1)c1cccc(Br)n1. The molecule has 4 nitrogen and oxygen atoms in total. The van der Waals surface area contributed by atoms with E-state index in [0.717, 1.165) is 30.9 Å². The number of ether oxygens (including phenoxy) is 1. The lowest BCUT2D eigenvalue weighted by Gasteiger charge is -2.28. The van der Waals surface area contributed by atoms with Gasteiger partial charge in [0.25, 0.3) is 0 Å². The minimum atomic E-state index is -0.532. The average Bonchev–Trinajstić information content (AvgIpc) is 2.30. The van der Waals surface area contributed by atoms with Crippen molar-refractivity contribution in [1.29, 1.82) is 0 Å². The molecule has 0 amide bonds. The quantitative estimate of drug-likeness (QED) is 0.849. The number of morpholine rings is 1. The van der Waals surface area contributed by atoms with Crippen molar-refractivity contribution in [2.24, 2.45) is 0 Å². The Morgan fingerprint density at radius 1 is 1.44 bits per heavy atom. The summed E-state index contributed by atoms with van der Waals surface area (Å²) in [6.45, 7) is 3.88. The zero-order valence-corrected chi connectivity index (χ0v) is 10.6. The van der Waals surface area contributed by atoms with Crippen molar-refractivity contribution in [1.82, 2.24) is 9.88 Å². The maximum Gasteiger partial charge on any atom is 0.109 e. The Balaban J connectivity index is 1.94. The van der Waals surface area contributed by atoms with Crippen LogP contribution in [-0.4, -0.2) is 47.8 Å². The van der Waals surface area contributed by atoms with Crippen molar-refractivity contribution in [2.75, 3.05) is 32.8 Å². The zero-order chi connectivity index (χ0) is 11.4. The van der Waals surface area contributed by atoms with Crippen LogP contribution < -0.4 is 0 Å². The van der Waals surface area contributed by atoms with E-state index >= 15 is 0 Å². The molecule has 0 bridgehead atoms. The summed E-state index contributed by atoms with van der Waals surface area (Å²) in [6.07, 6.45) is -0.532. The summed E-state index contributed by atoms with van der Waals surface area (Å²) in [5.74, 6) is 0. The fourth-order valence-electron chi connectivity index (χ4n) is 1.73. The molecule has 1 aliphatic heterocycles. The molecule has 0 radical (unpaired) electrons. The van der Waals surface area contributed by atoms with Gasteiger partial charge < -0.3 is 9.84 Å². The van der Waals surface area contributed by atoms with E-state index < -0.39 is 6.10 Å². The van der Waals surface area contributed by atoms with Gasteiger partial charge in [0.2, 0.25) is 0 Å². The first-order valence-electron chi connectivity index (χ1n) is 5.36. The maximum absolute atomic E-state index is 10.0. The highest BCUT2D eigenvalue weighted by atomic mass is 79.9. The Morgan fingerprint density at radius 2 is 2.19 bits per heavy atom. The van der Waals surface area contributed by atoms with Crippen LogP contribution in [0.1, 0.15) is 11.8 Å². The number of halogens is 1. The average molecular weight is 287 g/mol. The lowest BCUT2D eigenvalue weighted by atomic mass is 10.2. The number of hydrogen-bond acceptors (Lipinski definition) is 4. The van der Waals surface area contributed by atoms with Gasteiger partial charge in [-0.2, -0.15) is 0 Å². The molecular weight excluding hydrogens is 272 g/mol. The van der Waals surface area contributed by atoms with Gasteiger partial charge in [0.05, 0.1) is 18.9 Å². The molecule has 1 atom stereocenters. The summed E-state index contributed by atoms with van der Waals surface area (Å²) < 4.78 is 6.02. The van der Waals surface area contributed by atoms with Crippen molar-refractivity contribution < 1.29 is 9.84 Å². The van der Waals surface area contributed by atoms with E-state index in [-0.39, 0.29) is 0 Å². The summed E-state index contributed by atoms with van der Waals surface area (Å²) in [5, 5.41) is 10.0. The summed E-state index contributed by atoms with van der Waals surface area (Å²) in [5.41, 5.74) is 0.709. The van der Waals surface area contributed by atoms with Gasteiger partial charge in [0, 0.05) is 19.6 Å². The fourth-order valence-corrected chi connectivity index (χ4v) is 2.09. The number of nitrogens with zero attached hydrogens (tertiary/aromatic N) is 2. The molecule has 1 aliphatic rings. The van der Waals surface area contributed by atoms with E-state index in [9.17, 15) is 5.11 Å². The molecule has 1 aromatic heterocycles. The van der Waals surface area contributed by atoms with Crippen molar-refractivity contribution in [3.63, 3.8) is 0 Å². The predicted molar refractivity (Wildman–Crippen MR) is 64.2 cm³/mol. The number of β-amino-alcohol motifs (C(OH)–C–C–N with tert-alkyl or cyclic N) is 1. The topological polar surface area (TPSA) is 45.6 Å². The van der Waals surface area contributed by atoms with Crippen LogP contribution in [0.25, 0.3) is 0 Å². The number of aromatic nitrogens is 1. The van der Waals surface area contributed by atoms with Gasteiger partial charge in [-0.05, 0) is 28.1 Å². The maximum atomic E-state index is 10.0. The van der Waals surface area contributed by atoms with Crippen LogP contribution in [0.3, 0.4) is 0 Å². The third-order valence-electron chi connectivity index (χ3n) is 2.61. The minimum absolute atomic E-state index is 0.532. The Morgan fingerprint density at radius 3 is 2.88 bits per heavy atom. The van der Waals surface area contributed by atoms with E-state index in [1.54, 1.807) is 0 Å². The summed E-state index contributed by atoms with van der Waals surface area (Å²) in [7, 11) is 0. The Bertz CT molecular complexity index is 343. The van der Waals surface area contributed by atoms with Crippen molar-refractivity contribution >= 4 is 15.9 Å². The summed E-state index contributed by atoms with van der Waals surface area (Å²) >= 11 is 3.30. The van der Waals surface area contributed by atoms with E-state index in [2.05, 4.69) is 25.8 Å². The second-order valence-electron chi connectivity index (χ2n) is 3.81. The van der Waals surface area contributed by atoms with Crippen LogP contribution in [0.5, 0.6) is 0 Å². The molecule has 1 unspecified atom stereocenters.